The molecule has 2 saturated carbocycles. The Hall–Kier alpha value is -2.16. The number of hydrogen-bond acceptors (Lipinski definition) is 5. The lowest BCUT2D eigenvalue weighted by atomic mass is 9.84. The number of likely N-dealkylation sites (N-methyl/N-ethyl adjacent to an activating group) is 1. The van der Waals surface area contributed by atoms with E-state index in [2.05, 4.69) is 5.32 Å². The van der Waals surface area contributed by atoms with Gasteiger partial charge in [-0.3, -0.25) is 24.4 Å². The first kappa shape index (κ1) is 27.4. The van der Waals surface area contributed by atoms with Gasteiger partial charge in [0.15, 0.2) is 0 Å². The van der Waals surface area contributed by atoms with E-state index in [0.717, 1.165) is 25.7 Å². The van der Waals surface area contributed by atoms with Crippen LogP contribution in [0.2, 0.25) is 0 Å². The molecular weight excluding hydrogens is 448 g/mol. The number of carbonyl (C=O) groups excluding carboxylic acids is 4. The monoisotopic (exact) mass is 492 g/mol. The molecule has 1 saturated heterocycles. The van der Waals surface area contributed by atoms with Gasteiger partial charge in [-0.25, -0.2) is 5.06 Å². The predicted molar refractivity (Wildman–Crippen MR) is 131 cm³/mol. The SMILES string of the molecule is CCC(=O)N1CCC(N(C)C(=O)[C@@H](NC(=O)C2(CN(O)C=O)CC2C2CCCC2)C(C)(C)C)CC1. The second-order valence-corrected chi connectivity index (χ2v) is 11.9. The van der Waals surface area contributed by atoms with Crippen molar-refractivity contribution in [3.63, 3.8) is 0 Å². The van der Waals surface area contributed by atoms with Gasteiger partial charge in [-0.1, -0.05) is 53.4 Å². The van der Waals surface area contributed by atoms with E-state index in [1.807, 2.05) is 32.6 Å². The molecule has 0 spiro atoms. The normalized spacial score (nSPS) is 26.2. The largest absolute Gasteiger partial charge is 0.343 e. The first-order valence-electron chi connectivity index (χ1n) is 13.2. The fourth-order valence-electron chi connectivity index (χ4n) is 6.19. The zero-order valence-corrected chi connectivity index (χ0v) is 22.1. The van der Waals surface area contributed by atoms with Gasteiger partial charge in [-0.2, -0.15) is 0 Å². The molecule has 0 bridgehead atoms. The highest BCUT2D eigenvalue weighted by atomic mass is 16.5. The molecule has 0 aromatic heterocycles. The molecule has 2 N–H and O–H groups in total. The van der Waals surface area contributed by atoms with Gasteiger partial charge < -0.3 is 15.1 Å². The van der Waals surface area contributed by atoms with Crippen LogP contribution in [0.4, 0.5) is 0 Å². The summed E-state index contributed by atoms with van der Waals surface area (Å²) in [4.78, 5) is 54.1. The Bertz CT molecular complexity index is 798. The highest BCUT2D eigenvalue weighted by Crippen LogP contribution is 2.60. The molecule has 3 atom stereocenters. The van der Waals surface area contributed by atoms with Crippen LogP contribution in [0, 0.1) is 22.7 Å². The van der Waals surface area contributed by atoms with E-state index in [-0.39, 0.29) is 36.2 Å². The lowest BCUT2D eigenvalue weighted by molar-refractivity contribution is -0.157. The molecule has 3 fully saturated rings. The van der Waals surface area contributed by atoms with Crippen LogP contribution in [0.5, 0.6) is 0 Å². The maximum absolute atomic E-state index is 13.7. The quantitative estimate of drug-likeness (QED) is 0.292. The van der Waals surface area contributed by atoms with E-state index in [4.69, 9.17) is 0 Å². The molecule has 2 unspecified atom stereocenters. The molecule has 9 heteroatoms. The number of amides is 4. The summed E-state index contributed by atoms with van der Waals surface area (Å²) < 4.78 is 0. The molecule has 2 aliphatic carbocycles. The van der Waals surface area contributed by atoms with Gasteiger partial charge in [0.1, 0.15) is 6.04 Å². The summed E-state index contributed by atoms with van der Waals surface area (Å²) in [5, 5.41) is 13.6. The Labute approximate surface area is 209 Å². The molecule has 35 heavy (non-hydrogen) atoms. The summed E-state index contributed by atoms with van der Waals surface area (Å²) in [6.45, 7) is 8.87. The van der Waals surface area contributed by atoms with Crippen molar-refractivity contribution in [1.29, 1.82) is 0 Å². The number of nitrogens with zero attached hydrogens (tertiary/aromatic N) is 3. The van der Waals surface area contributed by atoms with Crippen molar-refractivity contribution < 1.29 is 24.4 Å². The van der Waals surface area contributed by atoms with Crippen LogP contribution in [-0.4, -0.2) is 83.0 Å². The zero-order valence-electron chi connectivity index (χ0n) is 22.1. The molecular formula is C26H44N4O5. The number of nitrogens with one attached hydrogen (secondary N) is 1. The van der Waals surface area contributed by atoms with E-state index >= 15 is 0 Å². The van der Waals surface area contributed by atoms with E-state index < -0.39 is 16.9 Å². The number of hydroxylamine groups is 2. The molecule has 3 aliphatic rings. The van der Waals surface area contributed by atoms with E-state index in [1.165, 1.54) is 0 Å². The van der Waals surface area contributed by atoms with Crippen molar-refractivity contribution in [2.24, 2.45) is 22.7 Å². The first-order chi connectivity index (χ1) is 16.4. The van der Waals surface area contributed by atoms with E-state index in [0.29, 0.717) is 56.2 Å². The molecule has 198 valence electrons. The number of piperidine rings is 1. The van der Waals surface area contributed by atoms with Gasteiger partial charge in [0.25, 0.3) is 0 Å². The molecule has 1 heterocycles. The van der Waals surface area contributed by atoms with Crippen LogP contribution in [0.1, 0.15) is 79.1 Å². The molecule has 9 nitrogen and oxygen atoms in total. The van der Waals surface area contributed by atoms with Crippen molar-refractivity contribution in [1.82, 2.24) is 20.2 Å². The summed E-state index contributed by atoms with van der Waals surface area (Å²) in [7, 11) is 1.78. The average Bonchev–Trinajstić information content (AvgIpc) is 3.29. The first-order valence-corrected chi connectivity index (χ1v) is 13.2. The van der Waals surface area contributed by atoms with Crippen LogP contribution in [0.25, 0.3) is 0 Å². The highest BCUT2D eigenvalue weighted by Gasteiger charge is 2.63. The molecule has 3 rings (SSSR count). The van der Waals surface area contributed by atoms with Gasteiger partial charge in [0.05, 0.1) is 12.0 Å². The Morgan fingerprint density at radius 3 is 2.26 bits per heavy atom. The van der Waals surface area contributed by atoms with Crippen LogP contribution >= 0.6 is 0 Å². The maximum Gasteiger partial charge on any atom is 0.245 e. The topological polar surface area (TPSA) is 110 Å². The van der Waals surface area contributed by atoms with Crippen LogP contribution < -0.4 is 5.32 Å². The van der Waals surface area contributed by atoms with Crippen molar-refractivity contribution >= 4 is 24.1 Å². The predicted octanol–water partition coefficient (Wildman–Crippen LogP) is 2.42. The molecule has 0 radical (unpaired) electrons. The fraction of sp³-hybridized carbons (Fsp3) is 0.846. The minimum Gasteiger partial charge on any atom is -0.343 e. The summed E-state index contributed by atoms with van der Waals surface area (Å²) >= 11 is 0. The lowest BCUT2D eigenvalue weighted by Crippen LogP contribution is -2.59. The number of carbonyl (C=O) groups is 4. The van der Waals surface area contributed by atoms with Gasteiger partial charge in [0.2, 0.25) is 24.1 Å². The van der Waals surface area contributed by atoms with Crippen molar-refractivity contribution in [2.75, 3.05) is 26.7 Å². The highest BCUT2D eigenvalue weighted by molar-refractivity contribution is 5.92. The Morgan fingerprint density at radius 2 is 1.74 bits per heavy atom. The second kappa shape index (κ2) is 10.8. The van der Waals surface area contributed by atoms with Crippen molar-refractivity contribution in [3.8, 4) is 0 Å². The molecule has 4 amide bonds. The van der Waals surface area contributed by atoms with Gasteiger partial charge in [0, 0.05) is 32.6 Å². The smallest absolute Gasteiger partial charge is 0.245 e. The fourth-order valence-corrected chi connectivity index (χ4v) is 6.19. The zero-order chi connectivity index (χ0) is 26.0. The van der Waals surface area contributed by atoms with Gasteiger partial charge in [-0.05, 0) is 36.5 Å². The third-order valence-electron chi connectivity index (χ3n) is 8.52. The minimum atomic E-state index is -0.848. The van der Waals surface area contributed by atoms with Crippen molar-refractivity contribution in [3.05, 3.63) is 0 Å². The summed E-state index contributed by atoms with van der Waals surface area (Å²) in [5.74, 6) is 0.282. The van der Waals surface area contributed by atoms with E-state index in [1.54, 1.807) is 11.9 Å². The van der Waals surface area contributed by atoms with Gasteiger partial charge in [-0.15, -0.1) is 0 Å². The van der Waals surface area contributed by atoms with Gasteiger partial charge >= 0.3 is 0 Å². The molecule has 0 aromatic carbocycles. The number of likely N-dealkylation sites (tertiary alicyclic amines) is 1. The summed E-state index contributed by atoms with van der Waals surface area (Å²) in [6.07, 6.45) is 7.30. The Balaban J connectivity index is 1.71. The Kier molecular flexibility index (Phi) is 8.50. The van der Waals surface area contributed by atoms with Crippen LogP contribution in [0.3, 0.4) is 0 Å². The summed E-state index contributed by atoms with van der Waals surface area (Å²) in [6, 6.07) is -0.727. The van der Waals surface area contributed by atoms with Crippen molar-refractivity contribution in [2.45, 2.75) is 91.1 Å². The van der Waals surface area contributed by atoms with E-state index in [9.17, 15) is 24.4 Å². The molecule has 0 aromatic rings. The Morgan fingerprint density at radius 1 is 1.14 bits per heavy atom. The maximum atomic E-state index is 13.7. The average molecular weight is 493 g/mol. The third-order valence-corrected chi connectivity index (χ3v) is 8.52. The second-order valence-electron chi connectivity index (χ2n) is 11.9. The molecule has 1 aliphatic heterocycles. The number of rotatable bonds is 9. The minimum absolute atomic E-state index is 0.00859. The standard InChI is InChI=1S/C26H44N4O5/c1-6-21(32)29-13-11-19(12-14-29)28(5)23(33)22(25(2,3)4)27-24(34)26(16-30(35)17-31)15-20(26)18-9-7-8-10-18/h17-20,22,35H,6-16H2,1-5H3,(H,27,34)/t20?,22-,26?/m1/s1. The number of hydrogen-bond donors (Lipinski definition) is 2. The van der Waals surface area contributed by atoms with Crippen LogP contribution in [-0.2, 0) is 19.2 Å². The van der Waals surface area contributed by atoms with Crippen LogP contribution in [0.15, 0.2) is 0 Å². The third kappa shape index (κ3) is 5.98. The lowest BCUT2D eigenvalue weighted by Gasteiger charge is -2.40. The summed E-state index contributed by atoms with van der Waals surface area (Å²) in [5.41, 5.74) is -1.37.